The van der Waals surface area contributed by atoms with Gasteiger partial charge in [0.2, 0.25) is 5.91 Å². The number of halogens is 2. The molecule has 0 saturated heterocycles. The highest BCUT2D eigenvalue weighted by Crippen LogP contribution is 2.37. The van der Waals surface area contributed by atoms with Gasteiger partial charge in [0.25, 0.3) is 0 Å². The fourth-order valence-electron chi connectivity index (χ4n) is 3.42. The van der Waals surface area contributed by atoms with Gasteiger partial charge < -0.3 is 5.32 Å². The van der Waals surface area contributed by atoms with Gasteiger partial charge in [-0.25, -0.2) is 8.78 Å². The molecule has 1 aliphatic carbocycles. The molecule has 0 aliphatic heterocycles. The molecule has 0 fully saturated rings. The van der Waals surface area contributed by atoms with Crippen molar-refractivity contribution in [2.24, 2.45) is 0 Å². The van der Waals surface area contributed by atoms with Crippen molar-refractivity contribution in [3.63, 3.8) is 0 Å². The maximum atomic E-state index is 13.9. The molecule has 1 unspecified atom stereocenters. The van der Waals surface area contributed by atoms with E-state index in [0.717, 1.165) is 43.7 Å². The standard InChI is InChI=1S/C21H23F2N3OS/c1-13(26(2)12-14-8-9-15(22)10-18(14)23)20(27)25-21-17(11-24)16-6-4-3-5-7-19(16)28-21/h8-10,13H,3-7,12H2,1-2H3,(H,25,27). The minimum absolute atomic E-state index is 0.173. The van der Waals surface area contributed by atoms with Crippen molar-refractivity contribution in [2.75, 3.05) is 12.4 Å². The topological polar surface area (TPSA) is 56.1 Å². The molecule has 28 heavy (non-hydrogen) atoms. The van der Waals surface area contributed by atoms with Crippen LogP contribution in [0.15, 0.2) is 18.2 Å². The van der Waals surface area contributed by atoms with Crippen molar-refractivity contribution in [1.29, 1.82) is 5.26 Å². The van der Waals surface area contributed by atoms with Gasteiger partial charge in [0.1, 0.15) is 22.7 Å². The Bertz CT molecular complexity index is 919. The quantitative estimate of drug-likeness (QED) is 0.741. The molecule has 3 rings (SSSR count). The molecule has 7 heteroatoms. The Balaban J connectivity index is 1.71. The minimum Gasteiger partial charge on any atom is -0.315 e. The number of carbonyl (C=O) groups excluding carboxylic acids is 1. The van der Waals surface area contributed by atoms with Crippen molar-refractivity contribution in [2.45, 2.75) is 51.6 Å². The lowest BCUT2D eigenvalue weighted by molar-refractivity contribution is -0.120. The first-order valence-electron chi connectivity index (χ1n) is 9.40. The number of hydrogen-bond donors (Lipinski definition) is 1. The summed E-state index contributed by atoms with van der Waals surface area (Å²) in [6, 6.07) is 5.14. The number of amides is 1. The average Bonchev–Trinajstić information content (AvgIpc) is 2.82. The molecular formula is C21H23F2N3OS. The van der Waals surface area contributed by atoms with E-state index in [2.05, 4.69) is 11.4 Å². The van der Waals surface area contributed by atoms with Crippen molar-refractivity contribution >= 4 is 22.2 Å². The van der Waals surface area contributed by atoms with E-state index >= 15 is 0 Å². The highest BCUT2D eigenvalue weighted by atomic mass is 32.1. The fraction of sp³-hybridized carbons (Fsp3) is 0.429. The summed E-state index contributed by atoms with van der Waals surface area (Å²) in [5.41, 5.74) is 1.98. The highest BCUT2D eigenvalue weighted by molar-refractivity contribution is 7.16. The lowest BCUT2D eigenvalue weighted by Crippen LogP contribution is -2.39. The molecule has 1 amide bonds. The average molecular weight is 403 g/mol. The molecule has 1 atom stereocenters. The van der Waals surface area contributed by atoms with Crippen LogP contribution in [0.2, 0.25) is 0 Å². The monoisotopic (exact) mass is 403 g/mol. The van der Waals surface area contributed by atoms with E-state index in [0.29, 0.717) is 16.1 Å². The van der Waals surface area contributed by atoms with Gasteiger partial charge >= 0.3 is 0 Å². The van der Waals surface area contributed by atoms with Gasteiger partial charge in [-0.05, 0) is 51.3 Å². The molecule has 1 aromatic heterocycles. The molecule has 1 aliphatic rings. The number of likely N-dealkylation sites (N-methyl/N-ethyl adjacent to an activating group) is 1. The molecule has 0 saturated carbocycles. The fourth-order valence-corrected chi connectivity index (χ4v) is 4.66. The van der Waals surface area contributed by atoms with Crippen molar-refractivity contribution in [3.05, 3.63) is 51.4 Å². The SMILES string of the molecule is CC(C(=O)Nc1sc2c(c1C#N)CCCCC2)N(C)Cc1ccc(F)cc1F. The zero-order valence-electron chi connectivity index (χ0n) is 16.0. The number of hydrogen-bond acceptors (Lipinski definition) is 4. The van der Waals surface area contributed by atoms with Crippen LogP contribution in [-0.4, -0.2) is 23.9 Å². The van der Waals surface area contributed by atoms with E-state index < -0.39 is 17.7 Å². The Hall–Kier alpha value is -2.30. The first-order chi connectivity index (χ1) is 13.4. The molecule has 148 valence electrons. The molecule has 1 N–H and O–H groups in total. The second kappa shape index (κ2) is 8.80. The molecule has 4 nitrogen and oxygen atoms in total. The zero-order chi connectivity index (χ0) is 20.3. The summed E-state index contributed by atoms with van der Waals surface area (Å²) < 4.78 is 26.9. The van der Waals surface area contributed by atoms with Crippen LogP contribution in [0.1, 0.15) is 47.8 Å². The number of anilines is 1. The largest absolute Gasteiger partial charge is 0.315 e. The third kappa shape index (κ3) is 4.40. The summed E-state index contributed by atoms with van der Waals surface area (Å²) in [5.74, 6) is -1.51. The van der Waals surface area contributed by atoms with Crippen LogP contribution in [0.5, 0.6) is 0 Å². The molecule has 2 aromatic rings. The molecule has 0 bridgehead atoms. The number of benzene rings is 1. The second-order valence-electron chi connectivity index (χ2n) is 7.20. The van der Waals surface area contributed by atoms with E-state index in [-0.39, 0.29) is 12.5 Å². The number of rotatable bonds is 5. The lowest BCUT2D eigenvalue weighted by Gasteiger charge is -2.24. The summed E-state index contributed by atoms with van der Waals surface area (Å²) >= 11 is 1.49. The number of fused-ring (bicyclic) bond motifs is 1. The summed E-state index contributed by atoms with van der Waals surface area (Å²) in [7, 11) is 1.71. The van der Waals surface area contributed by atoms with Gasteiger partial charge in [0, 0.05) is 23.1 Å². The zero-order valence-corrected chi connectivity index (χ0v) is 16.8. The van der Waals surface area contributed by atoms with E-state index in [1.54, 1.807) is 18.9 Å². The van der Waals surface area contributed by atoms with Gasteiger partial charge in [-0.15, -0.1) is 11.3 Å². The van der Waals surface area contributed by atoms with E-state index in [1.165, 1.54) is 28.3 Å². The number of nitriles is 1. The maximum Gasteiger partial charge on any atom is 0.242 e. The predicted molar refractivity (Wildman–Crippen MR) is 106 cm³/mol. The Morgan fingerprint density at radius 3 is 2.79 bits per heavy atom. The van der Waals surface area contributed by atoms with Crippen LogP contribution in [0, 0.1) is 23.0 Å². The summed E-state index contributed by atoms with van der Waals surface area (Å²) in [6.45, 7) is 1.90. The molecule has 0 spiro atoms. The number of carbonyl (C=O) groups is 1. The van der Waals surface area contributed by atoms with Crippen LogP contribution in [-0.2, 0) is 24.2 Å². The normalized spacial score (nSPS) is 14.9. The van der Waals surface area contributed by atoms with Crippen LogP contribution in [0.3, 0.4) is 0 Å². The van der Waals surface area contributed by atoms with Crippen LogP contribution >= 0.6 is 11.3 Å². The smallest absolute Gasteiger partial charge is 0.242 e. The Morgan fingerprint density at radius 1 is 1.32 bits per heavy atom. The molecule has 0 radical (unpaired) electrons. The Labute approximate surface area is 167 Å². The Morgan fingerprint density at radius 2 is 2.07 bits per heavy atom. The molecule has 1 heterocycles. The molecule has 1 aromatic carbocycles. The predicted octanol–water partition coefficient (Wildman–Crippen LogP) is 4.63. The van der Waals surface area contributed by atoms with Crippen LogP contribution in [0.25, 0.3) is 0 Å². The van der Waals surface area contributed by atoms with Gasteiger partial charge in [0.05, 0.1) is 11.6 Å². The van der Waals surface area contributed by atoms with E-state index in [9.17, 15) is 18.8 Å². The van der Waals surface area contributed by atoms with Crippen molar-refractivity contribution in [1.82, 2.24) is 4.90 Å². The van der Waals surface area contributed by atoms with Gasteiger partial charge in [-0.2, -0.15) is 5.26 Å². The number of thiophene rings is 1. The van der Waals surface area contributed by atoms with Crippen LogP contribution < -0.4 is 5.32 Å². The number of nitrogens with zero attached hydrogens (tertiary/aromatic N) is 2. The van der Waals surface area contributed by atoms with Crippen LogP contribution in [0.4, 0.5) is 13.8 Å². The summed E-state index contributed by atoms with van der Waals surface area (Å²) in [5, 5.41) is 13.1. The van der Waals surface area contributed by atoms with Crippen molar-refractivity contribution < 1.29 is 13.6 Å². The minimum atomic E-state index is -0.631. The third-order valence-corrected chi connectivity index (χ3v) is 6.45. The number of aryl methyl sites for hydroxylation is 1. The summed E-state index contributed by atoms with van der Waals surface area (Å²) in [6.07, 6.45) is 5.16. The highest BCUT2D eigenvalue weighted by Gasteiger charge is 2.24. The Kier molecular flexibility index (Phi) is 6.42. The summed E-state index contributed by atoms with van der Waals surface area (Å²) in [4.78, 5) is 15.6. The lowest BCUT2D eigenvalue weighted by atomic mass is 10.1. The third-order valence-electron chi connectivity index (χ3n) is 5.25. The molecular weight excluding hydrogens is 380 g/mol. The first-order valence-corrected chi connectivity index (χ1v) is 10.2. The van der Waals surface area contributed by atoms with Gasteiger partial charge in [-0.1, -0.05) is 12.5 Å². The van der Waals surface area contributed by atoms with Gasteiger partial charge in [0.15, 0.2) is 0 Å². The van der Waals surface area contributed by atoms with E-state index in [4.69, 9.17) is 0 Å². The van der Waals surface area contributed by atoms with E-state index in [1.807, 2.05) is 0 Å². The second-order valence-corrected chi connectivity index (χ2v) is 8.30. The first kappa shape index (κ1) is 20.4. The van der Waals surface area contributed by atoms with Crippen molar-refractivity contribution in [3.8, 4) is 6.07 Å². The maximum absolute atomic E-state index is 13.9. The number of nitrogens with one attached hydrogen (secondary N) is 1. The van der Waals surface area contributed by atoms with Gasteiger partial charge in [-0.3, -0.25) is 9.69 Å².